The minimum atomic E-state index is -2.40. The van der Waals surface area contributed by atoms with E-state index in [1.165, 1.54) is 0 Å². The summed E-state index contributed by atoms with van der Waals surface area (Å²) >= 11 is 6.06. The van der Waals surface area contributed by atoms with Gasteiger partial charge in [0.1, 0.15) is 0 Å². The molecule has 0 aromatic carbocycles. The lowest BCUT2D eigenvalue weighted by Crippen LogP contribution is -2.35. The van der Waals surface area contributed by atoms with E-state index in [1.807, 2.05) is 13.8 Å². The summed E-state index contributed by atoms with van der Waals surface area (Å²) in [5, 5.41) is 0. The number of allylic oxidation sites excluding steroid dienone is 1. The topological polar surface area (TPSA) is 18.5 Å². The van der Waals surface area contributed by atoms with Gasteiger partial charge in [0.2, 0.25) is 0 Å². The van der Waals surface area contributed by atoms with Crippen molar-refractivity contribution >= 4 is 18.9 Å². The first-order valence-electron chi connectivity index (χ1n) is 3.76. The summed E-state index contributed by atoms with van der Waals surface area (Å²) in [5.41, 5.74) is 0. The van der Waals surface area contributed by atoms with Crippen LogP contribution in [0.3, 0.4) is 0 Å². The normalized spacial score (nSPS) is 11.5. The van der Waals surface area contributed by atoms with Gasteiger partial charge in [-0.2, -0.15) is 0 Å². The summed E-state index contributed by atoms with van der Waals surface area (Å²) in [5.74, 6) is 0. The highest BCUT2D eigenvalue weighted by Crippen LogP contribution is 2.18. The quantitative estimate of drug-likeness (QED) is 0.367. The predicted octanol–water partition coefficient (Wildman–Crippen LogP) is 2.42. The average molecular weight is 195 g/mol. The molecule has 0 aromatic rings. The zero-order valence-electron chi connectivity index (χ0n) is 7.10. The van der Waals surface area contributed by atoms with Crippen molar-refractivity contribution in [3.05, 3.63) is 12.7 Å². The van der Waals surface area contributed by atoms with E-state index in [4.69, 9.17) is 19.9 Å². The Kier molecular flexibility index (Phi) is 5.86. The summed E-state index contributed by atoms with van der Waals surface area (Å²) in [6.45, 7) is 8.62. The second-order valence-corrected chi connectivity index (χ2v) is 6.05. The molecule has 0 N–H and O–H groups in total. The third-order valence-electron chi connectivity index (χ3n) is 1.11. The van der Waals surface area contributed by atoms with E-state index in [9.17, 15) is 0 Å². The molecule has 0 aliphatic rings. The molecule has 2 nitrogen and oxygen atoms in total. The highest BCUT2D eigenvalue weighted by Gasteiger charge is 2.33. The van der Waals surface area contributed by atoms with Gasteiger partial charge in [-0.3, -0.25) is 0 Å². The second-order valence-electron chi connectivity index (χ2n) is 2.02. The van der Waals surface area contributed by atoms with E-state index >= 15 is 0 Å². The maximum atomic E-state index is 6.06. The molecule has 0 saturated carbocycles. The van der Waals surface area contributed by atoms with Crippen LogP contribution in [0.5, 0.6) is 0 Å². The molecule has 0 saturated heterocycles. The van der Waals surface area contributed by atoms with Crippen molar-refractivity contribution in [3.63, 3.8) is 0 Å². The Labute approximate surface area is 74.1 Å². The van der Waals surface area contributed by atoms with Crippen LogP contribution in [0, 0.1) is 0 Å². The zero-order chi connectivity index (χ0) is 8.74. The molecule has 0 rings (SSSR count). The van der Waals surface area contributed by atoms with Crippen molar-refractivity contribution in [2.45, 2.75) is 19.9 Å². The van der Waals surface area contributed by atoms with Crippen molar-refractivity contribution in [2.24, 2.45) is 0 Å². The minimum absolute atomic E-state index is 0.601. The molecule has 0 aliphatic carbocycles. The molecule has 0 aliphatic heterocycles. The maximum absolute atomic E-state index is 6.06. The summed E-state index contributed by atoms with van der Waals surface area (Å²) < 4.78 is 10.6. The Morgan fingerprint density at radius 2 is 1.82 bits per heavy atom. The van der Waals surface area contributed by atoms with Crippen molar-refractivity contribution in [3.8, 4) is 0 Å². The molecule has 0 fully saturated rings. The first kappa shape index (κ1) is 11.2. The molecular formula is C7H15ClO2Si. The SMILES string of the molecule is C=CC[Si](Cl)(OCC)OCC. The first-order chi connectivity index (χ1) is 5.18. The van der Waals surface area contributed by atoms with Crippen LogP contribution in [0.2, 0.25) is 6.04 Å². The predicted molar refractivity (Wildman–Crippen MR) is 49.9 cm³/mol. The smallest absolute Gasteiger partial charge is 0.383 e. The van der Waals surface area contributed by atoms with Gasteiger partial charge in [0, 0.05) is 19.3 Å². The van der Waals surface area contributed by atoms with E-state index < -0.39 is 7.87 Å². The highest BCUT2D eigenvalue weighted by atomic mass is 35.6. The Morgan fingerprint density at radius 3 is 2.09 bits per heavy atom. The lowest BCUT2D eigenvalue weighted by molar-refractivity contribution is 0.206. The molecule has 11 heavy (non-hydrogen) atoms. The van der Waals surface area contributed by atoms with E-state index in [2.05, 4.69) is 6.58 Å². The van der Waals surface area contributed by atoms with E-state index in [1.54, 1.807) is 6.08 Å². The largest absolute Gasteiger partial charge is 0.447 e. The minimum Gasteiger partial charge on any atom is -0.383 e. The molecule has 0 bridgehead atoms. The van der Waals surface area contributed by atoms with Crippen LogP contribution in [0.1, 0.15) is 13.8 Å². The van der Waals surface area contributed by atoms with E-state index in [0.29, 0.717) is 19.3 Å². The number of hydrogen-bond acceptors (Lipinski definition) is 2. The standard InChI is InChI=1S/C7H15ClO2Si/c1-4-7-11(8,9-5-2)10-6-3/h4H,1,5-7H2,2-3H3. The monoisotopic (exact) mass is 194 g/mol. The summed E-state index contributed by atoms with van der Waals surface area (Å²) in [4.78, 5) is 0. The molecule has 0 amide bonds. The van der Waals surface area contributed by atoms with Crippen LogP contribution in [0.15, 0.2) is 12.7 Å². The molecule has 0 heterocycles. The van der Waals surface area contributed by atoms with Crippen LogP contribution in [0.25, 0.3) is 0 Å². The molecule has 0 spiro atoms. The van der Waals surface area contributed by atoms with E-state index in [-0.39, 0.29) is 0 Å². The van der Waals surface area contributed by atoms with Crippen LogP contribution in [-0.2, 0) is 8.85 Å². The maximum Gasteiger partial charge on any atom is 0.447 e. The van der Waals surface area contributed by atoms with E-state index in [0.717, 1.165) is 0 Å². The van der Waals surface area contributed by atoms with Crippen molar-refractivity contribution < 1.29 is 8.85 Å². The van der Waals surface area contributed by atoms with Crippen molar-refractivity contribution in [2.75, 3.05) is 13.2 Å². The zero-order valence-corrected chi connectivity index (χ0v) is 8.86. The van der Waals surface area contributed by atoms with Gasteiger partial charge in [-0.25, -0.2) is 0 Å². The van der Waals surface area contributed by atoms with Gasteiger partial charge in [-0.15, -0.1) is 6.58 Å². The van der Waals surface area contributed by atoms with Gasteiger partial charge < -0.3 is 8.85 Å². The van der Waals surface area contributed by atoms with Crippen LogP contribution in [0.4, 0.5) is 0 Å². The first-order valence-corrected chi connectivity index (χ1v) is 6.79. The molecule has 0 unspecified atom stereocenters. The third kappa shape index (κ3) is 4.58. The molecule has 0 aromatic heterocycles. The van der Waals surface area contributed by atoms with Gasteiger partial charge in [-0.05, 0) is 13.8 Å². The number of halogens is 1. The van der Waals surface area contributed by atoms with Crippen molar-refractivity contribution in [1.29, 1.82) is 0 Å². The molecule has 0 atom stereocenters. The fourth-order valence-corrected chi connectivity index (χ4v) is 3.27. The van der Waals surface area contributed by atoms with Gasteiger partial charge in [0.05, 0.1) is 0 Å². The summed E-state index contributed by atoms with van der Waals surface area (Å²) in [6.07, 6.45) is 1.74. The molecule has 4 heteroatoms. The van der Waals surface area contributed by atoms with Crippen LogP contribution < -0.4 is 0 Å². The third-order valence-corrected chi connectivity index (χ3v) is 4.44. The van der Waals surface area contributed by atoms with Gasteiger partial charge in [-0.1, -0.05) is 17.2 Å². The van der Waals surface area contributed by atoms with Crippen LogP contribution in [-0.4, -0.2) is 21.1 Å². The fourth-order valence-electron chi connectivity index (χ4n) is 0.763. The Hall–Kier alpha value is 0.167. The van der Waals surface area contributed by atoms with Gasteiger partial charge in [0.25, 0.3) is 0 Å². The average Bonchev–Trinajstić information content (AvgIpc) is 1.88. The highest BCUT2D eigenvalue weighted by molar-refractivity contribution is 7.13. The Morgan fingerprint density at radius 1 is 1.36 bits per heavy atom. The molecule has 0 radical (unpaired) electrons. The van der Waals surface area contributed by atoms with Gasteiger partial charge in [0.15, 0.2) is 0 Å². The van der Waals surface area contributed by atoms with Crippen LogP contribution >= 0.6 is 11.1 Å². The molecular weight excluding hydrogens is 180 g/mol. The van der Waals surface area contributed by atoms with Gasteiger partial charge >= 0.3 is 7.87 Å². The fraction of sp³-hybridized carbons (Fsp3) is 0.714. The van der Waals surface area contributed by atoms with Crippen molar-refractivity contribution in [1.82, 2.24) is 0 Å². The number of hydrogen-bond donors (Lipinski definition) is 0. The molecule has 66 valence electrons. The summed E-state index contributed by atoms with van der Waals surface area (Å²) in [6, 6.07) is 0.635. The number of rotatable bonds is 6. The Bertz CT molecular complexity index is 113. The Balaban J connectivity index is 3.88. The summed E-state index contributed by atoms with van der Waals surface area (Å²) in [7, 11) is -2.40. The second kappa shape index (κ2) is 5.77. The lowest BCUT2D eigenvalue weighted by Gasteiger charge is -2.20. The lowest BCUT2D eigenvalue weighted by atomic mass is 10.8.